The van der Waals surface area contributed by atoms with Crippen molar-refractivity contribution in [2.24, 2.45) is 0 Å². The summed E-state index contributed by atoms with van der Waals surface area (Å²) in [5.74, 6) is 0.732. The Morgan fingerprint density at radius 1 is 0.434 bits per heavy atom. The SMILES string of the molecule is c1ccc(-c2nc(-c3ccc(-c4cc5c6ccccc6oc5c5c4sc4ccccc45)c4sc5cc6ccccc6cc5c34)nc3ccccc23)cc1. The molecule has 0 fully saturated rings. The summed E-state index contributed by atoms with van der Waals surface area (Å²) >= 11 is 3.71. The minimum absolute atomic E-state index is 0.732. The van der Waals surface area contributed by atoms with Crippen molar-refractivity contribution < 1.29 is 4.42 Å². The number of aromatic nitrogens is 2. The summed E-state index contributed by atoms with van der Waals surface area (Å²) in [5, 5.41) is 10.6. The van der Waals surface area contributed by atoms with Crippen LogP contribution < -0.4 is 0 Å². The maximum atomic E-state index is 6.66. The Kier molecular flexibility index (Phi) is 6.09. The van der Waals surface area contributed by atoms with Gasteiger partial charge in [0.25, 0.3) is 0 Å². The fourth-order valence-corrected chi connectivity index (χ4v) is 10.8. The van der Waals surface area contributed by atoms with Crippen LogP contribution in [0.3, 0.4) is 0 Å². The third-order valence-electron chi connectivity index (χ3n) is 10.7. The molecular formula is C48H26N2OS2. The van der Waals surface area contributed by atoms with Gasteiger partial charge in [-0.2, -0.15) is 0 Å². The summed E-state index contributed by atoms with van der Waals surface area (Å²) in [5.41, 5.74) is 8.29. The molecule has 0 saturated heterocycles. The third-order valence-corrected chi connectivity index (χ3v) is 13.0. The second-order valence-electron chi connectivity index (χ2n) is 13.6. The largest absolute Gasteiger partial charge is 0.455 e. The molecule has 4 aromatic heterocycles. The Morgan fingerprint density at radius 3 is 2.00 bits per heavy atom. The van der Waals surface area contributed by atoms with E-state index in [1.54, 1.807) is 0 Å². The Morgan fingerprint density at radius 2 is 1.11 bits per heavy atom. The van der Waals surface area contributed by atoms with E-state index in [0.29, 0.717) is 0 Å². The highest BCUT2D eigenvalue weighted by Gasteiger charge is 2.24. The van der Waals surface area contributed by atoms with E-state index < -0.39 is 0 Å². The van der Waals surface area contributed by atoms with Gasteiger partial charge in [0, 0.05) is 78.8 Å². The monoisotopic (exact) mass is 710 g/mol. The number of thiophene rings is 2. The lowest BCUT2D eigenvalue weighted by molar-refractivity contribution is 0.673. The Hall–Kier alpha value is -6.40. The number of hydrogen-bond acceptors (Lipinski definition) is 5. The van der Waals surface area contributed by atoms with Crippen LogP contribution in [0.15, 0.2) is 162 Å². The van der Waals surface area contributed by atoms with Gasteiger partial charge in [-0.05, 0) is 53.2 Å². The molecule has 5 heteroatoms. The topological polar surface area (TPSA) is 38.9 Å². The third kappa shape index (κ3) is 4.26. The van der Waals surface area contributed by atoms with E-state index in [2.05, 4.69) is 158 Å². The first-order chi connectivity index (χ1) is 26.3. The highest BCUT2D eigenvalue weighted by atomic mass is 32.1. The predicted molar refractivity (Wildman–Crippen MR) is 226 cm³/mol. The van der Waals surface area contributed by atoms with Crippen molar-refractivity contribution in [2.75, 3.05) is 0 Å². The van der Waals surface area contributed by atoms with Crippen LogP contribution in [-0.2, 0) is 0 Å². The van der Waals surface area contributed by atoms with Crippen molar-refractivity contribution >= 4 is 107 Å². The molecule has 0 radical (unpaired) electrons. The second-order valence-corrected chi connectivity index (χ2v) is 15.7. The minimum atomic E-state index is 0.732. The molecule has 0 bridgehead atoms. The molecule has 8 aromatic carbocycles. The molecule has 53 heavy (non-hydrogen) atoms. The Bertz CT molecular complexity index is 3460. The smallest absolute Gasteiger partial charge is 0.161 e. The van der Waals surface area contributed by atoms with Crippen LogP contribution in [0.2, 0.25) is 0 Å². The fourth-order valence-electron chi connectivity index (χ4n) is 8.24. The molecule has 0 N–H and O–H groups in total. The summed E-state index contributed by atoms with van der Waals surface area (Å²) < 4.78 is 11.6. The van der Waals surface area contributed by atoms with Crippen molar-refractivity contribution in [3.8, 4) is 33.8 Å². The van der Waals surface area contributed by atoms with Gasteiger partial charge >= 0.3 is 0 Å². The zero-order chi connectivity index (χ0) is 34.6. The molecule has 0 unspecified atom stereocenters. The van der Waals surface area contributed by atoms with Gasteiger partial charge in [-0.15, -0.1) is 22.7 Å². The first-order valence-corrected chi connectivity index (χ1v) is 19.4. The molecule has 0 aliphatic carbocycles. The molecule has 0 amide bonds. The van der Waals surface area contributed by atoms with Crippen LogP contribution in [0.5, 0.6) is 0 Å². The lowest BCUT2D eigenvalue weighted by Crippen LogP contribution is -1.96. The van der Waals surface area contributed by atoms with E-state index in [1.165, 1.54) is 62.2 Å². The van der Waals surface area contributed by atoms with E-state index in [0.717, 1.165) is 55.5 Å². The van der Waals surface area contributed by atoms with E-state index in [1.807, 2.05) is 22.7 Å². The number of para-hydroxylation sites is 2. The molecule has 12 aromatic rings. The summed E-state index contributed by atoms with van der Waals surface area (Å²) in [6, 6.07) is 56.2. The lowest BCUT2D eigenvalue weighted by Gasteiger charge is -2.13. The van der Waals surface area contributed by atoms with Crippen molar-refractivity contribution in [1.82, 2.24) is 9.97 Å². The highest BCUT2D eigenvalue weighted by Crippen LogP contribution is 2.51. The first-order valence-electron chi connectivity index (χ1n) is 17.7. The van der Waals surface area contributed by atoms with Crippen LogP contribution >= 0.6 is 22.7 Å². The molecule has 0 atom stereocenters. The van der Waals surface area contributed by atoms with E-state index in [9.17, 15) is 0 Å². The normalized spacial score (nSPS) is 12.2. The maximum Gasteiger partial charge on any atom is 0.161 e. The zero-order valence-corrected chi connectivity index (χ0v) is 29.8. The van der Waals surface area contributed by atoms with Gasteiger partial charge in [0.1, 0.15) is 11.2 Å². The number of fused-ring (bicyclic) bond motifs is 12. The number of rotatable bonds is 3. The van der Waals surface area contributed by atoms with Crippen LogP contribution in [0.1, 0.15) is 0 Å². The van der Waals surface area contributed by atoms with Gasteiger partial charge in [0.2, 0.25) is 0 Å². The first kappa shape index (κ1) is 29.2. The summed E-state index contributed by atoms with van der Waals surface area (Å²) in [6.07, 6.45) is 0. The van der Waals surface area contributed by atoms with Crippen LogP contribution in [0, 0.1) is 0 Å². The number of hydrogen-bond donors (Lipinski definition) is 0. The average molecular weight is 711 g/mol. The van der Waals surface area contributed by atoms with Gasteiger partial charge in [-0.3, -0.25) is 0 Å². The van der Waals surface area contributed by atoms with E-state index >= 15 is 0 Å². The van der Waals surface area contributed by atoms with Crippen LogP contribution in [0.4, 0.5) is 0 Å². The predicted octanol–water partition coefficient (Wildman–Crippen LogP) is 14.4. The molecule has 0 aliphatic rings. The maximum absolute atomic E-state index is 6.66. The lowest BCUT2D eigenvalue weighted by atomic mass is 9.95. The fraction of sp³-hybridized carbons (Fsp3) is 0. The van der Waals surface area contributed by atoms with Crippen molar-refractivity contribution in [2.45, 2.75) is 0 Å². The molecular weight excluding hydrogens is 685 g/mol. The van der Waals surface area contributed by atoms with E-state index in [4.69, 9.17) is 14.4 Å². The van der Waals surface area contributed by atoms with E-state index in [-0.39, 0.29) is 0 Å². The zero-order valence-electron chi connectivity index (χ0n) is 28.1. The van der Waals surface area contributed by atoms with Crippen LogP contribution in [-0.4, -0.2) is 9.97 Å². The summed E-state index contributed by atoms with van der Waals surface area (Å²) in [6.45, 7) is 0. The molecule has 0 aliphatic heterocycles. The quantitative estimate of drug-likeness (QED) is 0.183. The van der Waals surface area contributed by atoms with Gasteiger partial charge in [0.05, 0.1) is 11.2 Å². The van der Waals surface area contributed by atoms with Crippen molar-refractivity contribution in [3.63, 3.8) is 0 Å². The Balaban J connectivity index is 1.23. The van der Waals surface area contributed by atoms with Gasteiger partial charge in [-0.1, -0.05) is 115 Å². The molecule has 4 heterocycles. The number of benzene rings is 8. The molecule has 246 valence electrons. The average Bonchev–Trinajstić information content (AvgIpc) is 3.91. The highest BCUT2D eigenvalue weighted by molar-refractivity contribution is 7.27. The number of furan rings is 1. The standard InChI is InChI=1S/C48H26N2OS2/c1-2-12-27(13-3-1)44-32-17-6-9-19-38(32)49-48(50-44)34-23-22-31(46-42(34)37-24-28-14-4-5-15-29(28)25-41(37)53-46)36-26-35-30-16-7-10-20-39(30)51-45(35)43-33-18-8-11-21-40(33)52-47(36)43/h1-26H. The molecule has 0 saturated carbocycles. The number of nitrogens with zero attached hydrogens (tertiary/aromatic N) is 2. The van der Waals surface area contributed by atoms with Gasteiger partial charge < -0.3 is 4.42 Å². The molecule has 12 rings (SSSR count). The van der Waals surface area contributed by atoms with Crippen LogP contribution in [0.25, 0.3) is 118 Å². The van der Waals surface area contributed by atoms with Gasteiger partial charge in [-0.25, -0.2) is 9.97 Å². The summed E-state index contributed by atoms with van der Waals surface area (Å²) in [4.78, 5) is 10.6. The molecule has 0 spiro atoms. The van der Waals surface area contributed by atoms with Crippen molar-refractivity contribution in [3.05, 3.63) is 158 Å². The summed E-state index contributed by atoms with van der Waals surface area (Å²) in [7, 11) is 0. The molecule has 3 nitrogen and oxygen atoms in total. The van der Waals surface area contributed by atoms with Crippen molar-refractivity contribution in [1.29, 1.82) is 0 Å². The minimum Gasteiger partial charge on any atom is -0.455 e. The second kappa shape index (κ2) is 11.1. The van der Waals surface area contributed by atoms with Gasteiger partial charge in [0.15, 0.2) is 5.82 Å². The Labute approximate surface area is 311 Å².